The second kappa shape index (κ2) is 5.51. The van der Waals surface area contributed by atoms with Crippen molar-refractivity contribution in [3.05, 3.63) is 60.7 Å². The van der Waals surface area contributed by atoms with Crippen LogP contribution in [0.2, 0.25) is 0 Å². The summed E-state index contributed by atoms with van der Waals surface area (Å²) in [7, 11) is 2.09. The van der Waals surface area contributed by atoms with E-state index in [1.54, 1.807) is 0 Å². The van der Waals surface area contributed by atoms with Gasteiger partial charge in [-0.3, -0.25) is 0 Å². The second-order valence-corrected chi connectivity index (χ2v) is 3.91. The molecule has 0 aliphatic rings. The molecular weight excluding hydrogens is 208 g/mol. The van der Waals surface area contributed by atoms with E-state index in [4.69, 9.17) is 0 Å². The van der Waals surface area contributed by atoms with E-state index in [-0.39, 0.29) is 0 Å². The highest BCUT2D eigenvalue weighted by Crippen LogP contribution is 2.19. The van der Waals surface area contributed by atoms with E-state index in [1.807, 2.05) is 12.1 Å². The highest BCUT2D eigenvalue weighted by molar-refractivity contribution is 5.50. The first kappa shape index (κ1) is 11.7. The molecule has 0 aliphatic heterocycles. The molecule has 0 spiro atoms. The van der Waals surface area contributed by atoms with Crippen molar-refractivity contribution in [2.45, 2.75) is 6.92 Å². The molecule has 2 rings (SSSR count). The van der Waals surface area contributed by atoms with Crippen molar-refractivity contribution in [1.29, 1.82) is 0 Å². The Hall–Kier alpha value is -1.80. The van der Waals surface area contributed by atoms with Crippen LogP contribution in [0.4, 0.5) is 11.4 Å². The largest absolute Gasteiger partial charge is 0.209 e. The van der Waals surface area contributed by atoms with Gasteiger partial charge in [-0.05, 0) is 24.1 Å². The first-order valence-corrected chi connectivity index (χ1v) is 5.94. The van der Waals surface area contributed by atoms with Crippen LogP contribution in [-0.2, 0) is 0 Å². The molecular formula is C15H18N2+. The van der Waals surface area contributed by atoms with Gasteiger partial charge in [-0.25, -0.2) is 0 Å². The second-order valence-electron chi connectivity index (χ2n) is 3.91. The maximum absolute atomic E-state index is 2.25. The molecule has 2 heteroatoms. The van der Waals surface area contributed by atoms with Crippen LogP contribution in [0.3, 0.4) is 0 Å². The summed E-state index contributed by atoms with van der Waals surface area (Å²) in [6, 6.07) is 20.8. The summed E-state index contributed by atoms with van der Waals surface area (Å²) >= 11 is 0. The van der Waals surface area contributed by atoms with Crippen LogP contribution in [-0.4, -0.2) is 13.6 Å². The number of nitrogens with zero attached hydrogens (tertiary/aromatic N) is 2. The summed E-state index contributed by atoms with van der Waals surface area (Å²) in [5.41, 5.74) is 2.40. The molecule has 0 aliphatic carbocycles. The Morgan fingerprint density at radius 1 is 0.882 bits per heavy atom. The predicted octanol–water partition coefficient (Wildman–Crippen LogP) is 3.53. The number of benzene rings is 2. The third-order valence-electron chi connectivity index (χ3n) is 2.85. The summed E-state index contributed by atoms with van der Waals surface area (Å²) in [5.74, 6) is 0. The van der Waals surface area contributed by atoms with Gasteiger partial charge in [0.25, 0.3) is 0 Å². The summed E-state index contributed by atoms with van der Waals surface area (Å²) in [4.78, 5) is 0. The number of rotatable bonds is 4. The molecule has 1 radical (unpaired) electrons. The van der Waals surface area contributed by atoms with Crippen molar-refractivity contribution in [3.63, 3.8) is 0 Å². The summed E-state index contributed by atoms with van der Waals surface area (Å²) in [6.45, 7) is 3.10. The van der Waals surface area contributed by atoms with Crippen LogP contribution in [0.15, 0.2) is 60.7 Å². The monoisotopic (exact) mass is 226 g/mol. The quantitative estimate of drug-likeness (QED) is 0.572. The molecule has 0 fully saturated rings. The van der Waals surface area contributed by atoms with Crippen molar-refractivity contribution in [2.75, 3.05) is 18.6 Å². The number of hydrazine groups is 1. The molecule has 0 unspecified atom stereocenters. The molecule has 0 aromatic heterocycles. The lowest BCUT2D eigenvalue weighted by atomic mass is 10.3. The van der Waals surface area contributed by atoms with Crippen molar-refractivity contribution < 1.29 is 0 Å². The van der Waals surface area contributed by atoms with Crippen LogP contribution in [0.5, 0.6) is 0 Å². The molecule has 0 atom stereocenters. The molecule has 0 amide bonds. The fourth-order valence-corrected chi connectivity index (χ4v) is 1.95. The van der Waals surface area contributed by atoms with Gasteiger partial charge in [-0.1, -0.05) is 36.4 Å². The van der Waals surface area contributed by atoms with Crippen molar-refractivity contribution >= 4 is 11.4 Å². The SMILES string of the molecule is CCN(c1ccccc1)[N+](C)c1ccccc1. The van der Waals surface area contributed by atoms with Gasteiger partial charge in [-0.2, -0.15) is 5.01 Å². The average molecular weight is 226 g/mol. The van der Waals surface area contributed by atoms with Crippen LogP contribution in [0.1, 0.15) is 6.92 Å². The first-order chi connectivity index (χ1) is 8.33. The topological polar surface area (TPSA) is 9.14 Å². The lowest BCUT2D eigenvalue weighted by molar-refractivity contribution is 0.573. The number of anilines is 2. The summed E-state index contributed by atoms with van der Waals surface area (Å²) in [5, 5.41) is 4.42. The predicted molar refractivity (Wildman–Crippen MR) is 73.6 cm³/mol. The third kappa shape index (κ3) is 2.66. The molecule has 2 aromatic rings. The zero-order chi connectivity index (χ0) is 12.1. The number of hydrogen-bond donors (Lipinski definition) is 0. The smallest absolute Gasteiger partial charge is 0.170 e. The van der Waals surface area contributed by atoms with Gasteiger partial charge < -0.3 is 0 Å². The summed E-state index contributed by atoms with van der Waals surface area (Å²) in [6.07, 6.45) is 0. The molecule has 0 saturated heterocycles. The van der Waals surface area contributed by atoms with Crippen molar-refractivity contribution in [2.24, 2.45) is 0 Å². The number of hydrogen-bond acceptors (Lipinski definition) is 2. The van der Waals surface area contributed by atoms with Gasteiger partial charge in [0.2, 0.25) is 5.69 Å². The zero-order valence-corrected chi connectivity index (χ0v) is 10.4. The fraction of sp³-hybridized carbons (Fsp3) is 0.200. The van der Waals surface area contributed by atoms with Gasteiger partial charge in [0.15, 0.2) is 0 Å². The molecule has 0 saturated carbocycles. The molecule has 17 heavy (non-hydrogen) atoms. The van der Waals surface area contributed by atoms with Gasteiger partial charge in [0.05, 0.1) is 12.2 Å². The van der Waals surface area contributed by atoms with E-state index in [1.165, 1.54) is 11.4 Å². The Balaban J connectivity index is 2.25. The van der Waals surface area contributed by atoms with Gasteiger partial charge >= 0.3 is 0 Å². The van der Waals surface area contributed by atoms with Gasteiger partial charge in [0, 0.05) is 12.1 Å². The lowest BCUT2D eigenvalue weighted by Gasteiger charge is -2.21. The van der Waals surface area contributed by atoms with E-state index in [0.717, 1.165) is 6.54 Å². The molecule has 87 valence electrons. The Morgan fingerprint density at radius 2 is 1.41 bits per heavy atom. The van der Waals surface area contributed by atoms with Crippen LogP contribution in [0, 0.1) is 0 Å². The molecule has 0 bridgehead atoms. The molecule has 2 nitrogen and oxygen atoms in total. The van der Waals surface area contributed by atoms with Gasteiger partial charge in [-0.15, -0.1) is 0 Å². The third-order valence-corrected chi connectivity index (χ3v) is 2.85. The highest BCUT2D eigenvalue weighted by atomic mass is 15.6. The molecule has 0 N–H and O–H groups in total. The Kier molecular flexibility index (Phi) is 3.78. The maximum Gasteiger partial charge on any atom is 0.209 e. The average Bonchev–Trinajstić information content (AvgIpc) is 2.42. The Bertz CT molecular complexity index is 439. The van der Waals surface area contributed by atoms with Crippen LogP contribution in [0.25, 0.3) is 0 Å². The highest BCUT2D eigenvalue weighted by Gasteiger charge is 2.21. The molecule has 0 heterocycles. The normalized spacial score (nSPS) is 10.5. The minimum Gasteiger partial charge on any atom is -0.170 e. The van der Waals surface area contributed by atoms with E-state index in [2.05, 4.69) is 72.5 Å². The standard InChI is InChI=1S/C15H18N2/c1-3-17(15-12-8-5-9-13-15)16(2)14-10-6-4-7-11-14/h4-13H,3H2,1-2H3/q+1. The summed E-state index contributed by atoms with van der Waals surface area (Å²) < 4.78 is 0. The zero-order valence-electron chi connectivity index (χ0n) is 10.4. The van der Waals surface area contributed by atoms with Crippen LogP contribution < -0.4 is 10.0 Å². The number of para-hydroxylation sites is 2. The van der Waals surface area contributed by atoms with E-state index in [0.29, 0.717) is 0 Å². The van der Waals surface area contributed by atoms with Crippen molar-refractivity contribution in [3.8, 4) is 0 Å². The first-order valence-electron chi connectivity index (χ1n) is 5.94. The molecule has 2 aromatic carbocycles. The minimum atomic E-state index is 0.940. The van der Waals surface area contributed by atoms with E-state index in [9.17, 15) is 0 Å². The Morgan fingerprint density at radius 3 is 1.94 bits per heavy atom. The maximum atomic E-state index is 2.25. The fourth-order valence-electron chi connectivity index (χ4n) is 1.95. The van der Waals surface area contributed by atoms with E-state index < -0.39 is 0 Å². The van der Waals surface area contributed by atoms with E-state index >= 15 is 0 Å². The Labute approximate surface area is 103 Å². The van der Waals surface area contributed by atoms with Crippen LogP contribution >= 0.6 is 0 Å². The lowest BCUT2D eigenvalue weighted by Crippen LogP contribution is -2.41. The van der Waals surface area contributed by atoms with Gasteiger partial charge in [0.1, 0.15) is 7.05 Å². The minimum absolute atomic E-state index is 0.940. The van der Waals surface area contributed by atoms with Crippen molar-refractivity contribution in [1.82, 2.24) is 5.01 Å².